The lowest BCUT2D eigenvalue weighted by atomic mass is 10.1. The van der Waals surface area contributed by atoms with Crippen LogP contribution in [-0.2, 0) is 17.8 Å². The standard InChI is InChI=1S/C16H18N6O/c1-11-14(12(2)22-16(21-11)19-10-20-22)6-7-15(23)18-9-13-5-3-4-8-17-13/h3-5,8,10H,6-7,9H2,1-2H3,(H,18,23). The summed E-state index contributed by atoms with van der Waals surface area (Å²) in [5.41, 5.74) is 3.75. The smallest absolute Gasteiger partial charge is 0.252 e. The second-order valence-electron chi connectivity index (χ2n) is 5.33. The van der Waals surface area contributed by atoms with Crippen molar-refractivity contribution in [2.75, 3.05) is 0 Å². The van der Waals surface area contributed by atoms with Crippen LogP contribution in [0.5, 0.6) is 0 Å². The van der Waals surface area contributed by atoms with E-state index in [0.717, 1.165) is 22.6 Å². The molecule has 0 atom stereocenters. The molecule has 0 radical (unpaired) electrons. The van der Waals surface area contributed by atoms with Gasteiger partial charge in [0.05, 0.1) is 12.2 Å². The van der Waals surface area contributed by atoms with E-state index in [1.54, 1.807) is 10.7 Å². The molecule has 0 saturated heterocycles. The minimum atomic E-state index is -0.00635. The summed E-state index contributed by atoms with van der Waals surface area (Å²) in [5, 5.41) is 7.04. The lowest BCUT2D eigenvalue weighted by Crippen LogP contribution is -2.23. The second kappa shape index (κ2) is 6.51. The lowest BCUT2D eigenvalue weighted by Gasteiger charge is -2.10. The number of nitrogens with one attached hydrogen (secondary N) is 1. The molecule has 0 aromatic carbocycles. The van der Waals surface area contributed by atoms with Crippen LogP contribution in [-0.4, -0.2) is 30.5 Å². The van der Waals surface area contributed by atoms with Crippen LogP contribution in [0.15, 0.2) is 30.7 Å². The van der Waals surface area contributed by atoms with E-state index in [1.807, 2.05) is 32.0 Å². The van der Waals surface area contributed by atoms with E-state index >= 15 is 0 Å². The summed E-state index contributed by atoms with van der Waals surface area (Å²) in [6.07, 6.45) is 4.22. The van der Waals surface area contributed by atoms with E-state index in [1.165, 1.54) is 6.33 Å². The van der Waals surface area contributed by atoms with Gasteiger partial charge in [0, 0.05) is 24.0 Å². The third-order valence-electron chi connectivity index (χ3n) is 3.78. The molecule has 1 amide bonds. The zero-order valence-corrected chi connectivity index (χ0v) is 13.2. The van der Waals surface area contributed by atoms with Crippen molar-refractivity contribution in [1.29, 1.82) is 0 Å². The van der Waals surface area contributed by atoms with Gasteiger partial charge in [0.2, 0.25) is 5.91 Å². The summed E-state index contributed by atoms with van der Waals surface area (Å²) < 4.78 is 1.70. The Kier molecular flexibility index (Phi) is 4.27. The third kappa shape index (κ3) is 3.33. The summed E-state index contributed by atoms with van der Waals surface area (Å²) in [4.78, 5) is 24.7. The van der Waals surface area contributed by atoms with Gasteiger partial charge < -0.3 is 5.32 Å². The fourth-order valence-electron chi connectivity index (χ4n) is 2.54. The molecule has 7 heteroatoms. The van der Waals surface area contributed by atoms with E-state index in [0.29, 0.717) is 25.2 Å². The molecule has 7 nitrogen and oxygen atoms in total. The van der Waals surface area contributed by atoms with Gasteiger partial charge >= 0.3 is 0 Å². The van der Waals surface area contributed by atoms with Crippen molar-refractivity contribution < 1.29 is 4.79 Å². The van der Waals surface area contributed by atoms with Crippen LogP contribution in [0, 0.1) is 13.8 Å². The molecule has 0 bridgehead atoms. The third-order valence-corrected chi connectivity index (χ3v) is 3.78. The van der Waals surface area contributed by atoms with Crippen molar-refractivity contribution in [2.24, 2.45) is 0 Å². The number of pyridine rings is 1. The van der Waals surface area contributed by atoms with Crippen molar-refractivity contribution in [2.45, 2.75) is 33.2 Å². The number of carbonyl (C=O) groups excluding carboxylic acids is 1. The van der Waals surface area contributed by atoms with Crippen molar-refractivity contribution >= 4 is 11.7 Å². The summed E-state index contributed by atoms with van der Waals surface area (Å²) >= 11 is 0. The SMILES string of the molecule is Cc1nc2ncnn2c(C)c1CCC(=O)NCc1ccccn1. The molecule has 0 fully saturated rings. The first-order valence-electron chi connectivity index (χ1n) is 7.47. The van der Waals surface area contributed by atoms with E-state index in [2.05, 4.69) is 25.4 Å². The van der Waals surface area contributed by atoms with Crippen LogP contribution in [0.1, 0.15) is 29.1 Å². The van der Waals surface area contributed by atoms with E-state index in [4.69, 9.17) is 0 Å². The first kappa shape index (κ1) is 15.1. The maximum absolute atomic E-state index is 12.0. The van der Waals surface area contributed by atoms with Crippen molar-refractivity contribution in [3.05, 3.63) is 53.4 Å². The predicted octanol–water partition coefficient (Wildman–Crippen LogP) is 1.39. The van der Waals surface area contributed by atoms with E-state index < -0.39 is 0 Å². The summed E-state index contributed by atoms with van der Waals surface area (Å²) in [6.45, 7) is 4.35. The van der Waals surface area contributed by atoms with Gasteiger partial charge in [0.15, 0.2) is 0 Å². The van der Waals surface area contributed by atoms with Gasteiger partial charge in [-0.1, -0.05) is 6.07 Å². The average Bonchev–Trinajstić information content (AvgIpc) is 3.02. The van der Waals surface area contributed by atoms with Crippen LogP contribution in [0.25, 0.3) is 5.78 Å². The molecule has 3 aromatic rings. The molecule has 0 aliphatic carbocycles. The predicted molar refractivity (Wildman–Crippen MR) is 84.7 cm³/mol. The molecule has 0 unspecified atom stereocenters. The Labute approximate surface area is 133 Å². The van der Waals surface area contributed by atoms with Gasteiger partial charge in [-0.25, -0.2) is 9.50 Å². The molecular formula is C16H18N6O. The molecule has 3 heterocycles. The van der Waals surface area contributed by atoms with Gasteiger partial charge in [0.1, 0.15) is 6.33 Å². The zero-order valence-electron chi connectivity index (χ0n) is 13.2. The first-order valence-corrected chi connectivity index (χ1v) is 7.47. The molecular weight excluding hydrogens is 292 g/mol. The minimum absolute atomic E-state index is 0.00635. The zero-order chi connectivity index (χ0) is 16.2. The van der Waals surface area contributed by atoms with Gasteiger partial charge in [-0.3, -0.25) is 9.78 Å². The topological polar surface area (TPSA) is 85.1 Å². The summed E-state index contributed by atoms with van der Waals surface area (Å²) in [7, 11) is 0. The Morgan fingerprint density at radius 1 is 1.26 bits per heavy atom. The number of fused-ring (bicyclic) bond motifs is 1. The monoisotopic (exact) mass is 310 g/mol. The van der Waals surface area contributed by atoms with Gasteiger partial charge in [0.25, 0.3) is 5.78 Å². The van der Waals surface area contributed by atoms with E-state index in [9.17, 15) is 4.79 Å². The van der Waals surface area contributed by atoms with Crippen LogP contribution in [0.4, 0.5) is 0 Å². The number of nitrogens with zero attached hydrogens (tertiary/aromatic N) is 5. The van der Waals surface area contributed by atoms with Crippen LogP contribution < -0.4 is 5.32 Å². The molecule has 0 aliphatic heterocycles. The van der Waals surface area contributed by atoms with Crippen molar-refractivity contribution in [3.8, 4) is 0 Å². The highest BCUT2D eigenvalue weighted by molar-refractivity contribution is 5.76. The Hall–Kier alpha value is -2.83. The van der Waals surface area contributed by atoms with Crippen molar-refractivity contribution in [3.63, 3.8) is 0 Å². The normalized spacial score (nSPS) is 10.9. The van der Waals surface area contributed by atoms with E-state index in [-0.39, 0.29) is 5.91 Å². The Morgan fingerprint density at radius 2 is 2.13 bits per heavy atom. The van der Waals surface area contributed by atoms with Crippen LogP contribution >= 0.6 is 0 Å². The number of aromatic nitrogens is 5. The maximum Gasteiger partial charge on any atom is 0.252 e. The number of hydrogen-bond donors (Lipinski definition) is 1. The van der Waals surface area contributed by atoms with Crippen molar-refractivity contribution in [1.82, 2.24) is 29.9 Å². The fraction of sp³-hybridized carbons (Fsp3) is 0.312. The molecule has 3 rings (SSSR count). The minimum Gasteiger partial charge on any atom is -0.350 e. The average molecular weight is 310 g/mol. The number of amides is 1. The van der Waals surface area contributed by atoms with Gasteiger partial charge in [-0.05, 0) is 38.0 Å². The molecule has 0 aliphatic rings. The molecule has 3 aromatic heterocycles. The number of hydrogen-bond acceptors (Lipinski definition) is 5. The summed E-state index contributed by atoms with van der Waals surface area (Å²) in [5.74, 6) is 0.580. The molecule has 0 spiro atoms. The lowest BCUT2D eigenvalue weighted by molar-refractivity contribution is -0.121. The number of aryl methyl sites for hydroxylation is 2. The molecule has 118 valence electrons. The van der Waals surface area contributed by atoms with Gasteiger partial charge in [-0.2, -0.15) is 10.1 Å². The second-order valence-corrected chi connectivity index (χ2v) is 5.33. The largest absolute Gasteiger partial charge is 0.350 e. The van der Waals surface area contributed by atoms with Gasteiger partial charge in [-0.15, -0.1) is 0 Å². The number of carbonyl (C=O) groups is 1. The highest BCUT2D eigenvalue weighted by atomic mass is 16.1. The quantitative estimate of drug-likeness (QED) is 0.769. The highest BCUT2D eigenvalue weighted by Crippen LogP contribution is 2.14. The molecule has 0 saturated carbocycles. The first-order chi connectivity index (χ1) is 11.1. The van der Waals surface area contributed by atoms with Crippen LogP contribution in [0.3, 0.4) is 0 Å². The van der Waals surface area contributed by atoms with Crippen LogP contribution in [0.2, 0.25) is 0 Å². The summed E-state index contributed by atoms with van der Waals surface area (Å²) in [6, 6.07) is 5.64. The number of rotatable bonds is 5. The molecule has 1 N–H and O–H groups in total. The highest BCUT2D eigenvalue weighted by Gasteiger charge is 2.12. The Balaban J connectivity index is 1.63. The Morgan fingerprint density at radius 3 is 2.91 bits per heavy atom. The maximum atomic E-state index is 12.0. The fourth-order valence-corrected chi connectivity index (χ4v) is 2.54. The molecule has 23 heavy (non-hydrogen) atoms. The Bertz CT molecular complexity index is 827.